The summed E-state index contributed by atoms with van der Waals surface area (Å²) in [6, 6.07) is 10.1. The molecule has 8 nitrogen and oxygen atoms in total. The van der Waals surface area contributed by atoms with Gasteiger partial charge in [-0.2, -0.15) is 0 Å². The van der Waals surface area contributed by atoms with Gasteiger partial charge in [0.1, 0.15) is 23.6 Å². The number of hydroxylamine groups is 1. The molecule has 0 fully saturated rings. The van der Waals surface area contributed by atoms with E-state index in [1.165, 1.54) is 24.3 Å². The van der Waals surface area contributed by atoms with E-state index < -0.39 is 24.0 Å². The van der Waals surface area contributed by atoms with Crippen LogP contribution in [0, 0.1) is 0 Å². The first-order valence-electron chi connectivity index (χ1n) is 7.85. The molecule has 0 spiro atoms. The summed E-state index contributed by atoms with van der Waals surface area (Å²) in [6.07, 6.45) is 0.229. The molecule has 26 heavy (non-hydrogen) atoms. The first-order valence-corrected chi connectivity index (χ1v) is 7.85. The topological polar surface area (TPSA) is 142 Å². The summed E-state index contributed by atoms with van der Waals surface area (Å²) in [4.78, 5) is 28.1. The molecule has 0 aliphatic heterocycles. The molecule has 6 N–H and O–H groups in total. The fourth-order valence-corrected chi connectivity index (χ4v) is 2.22. The van der Waals surface area contributed by atoms with E-state index >= 15 is 0 Å². The van der Waals surface area contributed by atoms with Crippen molar-refractivity contribution >= 4 is 11.9 Å². The third kappa shape index (κ3) is 5.76. The van der Waals surface area contributed by atoms with Crippen LogP contribution in [0.25, 0.3) is 0 Å². The van der Waals surface area contributed by atoms with Gasteiger partial charge >= 0.3 is 11.9 Å². The number of nitrogens with one attached hydrogen (secondary N) is 1. The summed E-state index contributed by atoms with van der Waals surface area (Å²) >= 11 is 0. The third-order valence-electron chi connectivity index (χ3n) is 3.67. The van der Waals surface area contributed by atoms with E-state index in [4.69, 9.17) is 10.6 Å². The predicted octanol–water partition coefficient (Wildman–Crippen LogP) is 0.711. The first kappa shape index (κ1) is 19.2. The van der Waals surface area contributed by atoms with Crippen LogP contribution in [-0.2, 0) is 27.3 Å². The van der Waals surface area contributed by atoms with Crippen LogP contribution in [0.2, 0.25) is 0 Å². The zero-order valence-electron chi connectivity index (χ0n) is 13.8. The second-order valence-electron chi connectivity index (χ2n) is 5.78. The fraction of sp³-hybridized carbons (Fsp3) is 0.222. The molecule has 2 aromatic carbocycles. The van der Waals surface area contributed by atoms with Crippen LogP contribution in [0.15, 0.2) is 48.5 Å². The molecule has 0 aromatic heterocycles. The Bertz CT molecular complexity index is 745. The molecule has 0 amide bonds. The van der Waals surface area contributed by atoms with Gasteiger partial charge in [0.05, 0.1) is 0 Å². The molecule has 2 aromatic rings. The molecule has 0 aliphatic carbocycles. The van der Waals surface area contributed by atoms with Crippen molar-refractivity contribution in [3.63, 3.8) is 0 Å². The van der Waals surface area contributed by atoms with Gasteiger partial charge in [-0.3, -0.25) is 4.79 Å². The van der Waals surface area contributed by atoms with Crippen LogP contribution in [0.5, 0.6) is 11.5 Å². The minimum absolute atomic E-state index is 0.0517. The summed E-state index contributed by atoms with van der Waals surface area (Å²) in [5, 5.41) is 27.7. The van der Waals surface area contributed by atoms with E-state index in [2.05, 4.69) is 5.48 Å². The number of phenols is 2. The van der Waals surface area contributed by atoms with Gasteiger partial charge < -0.3 is 25.9 Å². The number of nitrogens with two attached hydrogens (primary N) is 1. The van der Waals surface area contributed by atoms with Crippen LogP contribution >= 0.6 is 0 Å². The molecule has 0 heterocycles. The van der Waals surface area contributed by atoms with Gasteiger partial charge in [-0.15, -0.1) is 5.48 Å². The fourth-order valence-electron chi connectivity index (χ4n) is 2.22. The van der Waals surface area contributed by atoms with E-state index in [9.17, 15) is 24.9 Å². The first-order chi connectivity index (χ1) is 12.3. The van der Waals surface area contributed by atoms with Crippen LogP contribution in [0.4, 0.5) is 0 Å². The summed E-state index contributed by atoms with van der Waals surface area (Å²) in [5.41, 5.74) is 9.37. The highest BCUT2D eigenvalue weighted by Crippen LogP contribution is 2.12. The molecule has 0 radical (unpaired) electrons. The van der Waals surface area contributed by atoms with Gasteiger partial charge in [-0.05, 0) is 41.8 Å². The Balaban J connectivity index is 1.88. The monoisotopic (exact) mass is 360 g/mol. The standard InChI is InChI=1S/C18H20N2O6/c19-15(9-11-1-5-13(21)6-2-11)18(25)26-20-16(17(23)24)10-12-3-7-14(22)8-4-12/h1-8,15-16,20-22H,9-10,19H2,(H,23,24)/t15-,16-/m0/s1. The molecule has 0 aliphatic rings. The SMILES string of the molecule is N[C@@H](Cc1ccc(O)cc1)C(=O)ON[C@@H](Cc1ccc(O)cc1)C(=O)O. The van der Waals surface area contributed by atoms with Crippen molar-refractivity contribution < 1.29 is 29.7 Å². The average molecular weight is 360 g/mol. The van der Waals surface area contributed by atoms with Crippen molar-refractivity contribution in [1.29, 1.82) is 0 Å². The molecular formula is C18H20N2O6. The summed E-state index contributed by atoms with van der Waals surface area (Å²) in [6.45, 7) is 0. The number of carboxylic acid groups (broad SMARTS) is 1. The van der Waals surface area contributed by atoms with E-state index in [1.54, 1.807) is 24.3 Å². The molecule has 8 heteroatoms. The molecule has 2 rings (SSSR count). The number of aliphatic carboxylic acids is 1. The minimum Gasteiger partial charge on any atom is -0.508 e. The van der Waals surface area contributed by atoms with Crippen molar-refractivity contribution in [2.24, 2.45) is 5.73 Å². The lowest BCUT2D eigenvalue weighted by Gasteiger charge is -2.16. The Kier molecular flexibility index (Phi) is 6.54. The van der Waals surface area contributed by atoms with Crippen molar-refractivity contribution in [1.82, 2.24) is 5.48 Å². The van der Waals surface area contributed by atoms with Crippen molar-refractivity contribution in [3.8, 4) is 11.5 Å². The quantitative estimate of drug-likeness (QED) is 0.433. The Morgan fingerprint density at radius 1 is 0.923 bits per heavy atom. The second-order valence-corrected chi connectivity index (χ2v) is 5.78. The average Bonchev–Trinajstić information content (AvgIpc) is 2.61. The highest BCUT2D eigenvalue weighted by Gasteiger charge is 2.22. The lowest BCUT2D eigenvalue weighted by atomic mass is 10.1. The van der Waals surface area contributed by atoms with Crippen LogP contribution in [0.3, 0.4) is 0 Å². The number of hydrogen-bond acceptors (Lipinski definition) is 7. The molecule has 138 valence electrons. The van der Waals surface area contributed by atoms with E-state index in [1.807, 2.05) is 0 Å². The number of benzene rings is 2. The highest BCUT2D eigenvalue weighted by atomic mass is 16.7. The number of aromatic hydroxyl groups is 2. The summed E-state index contributed by atoms with van der Waals surface area (Å²) in [5.74, 6) is -1.82. The molecule has 2 atom stereocenters. The van der Waals surface area contributed by atoms with Gasteiger partial charge in [0.25, 0.3) is 0 Å². The molecular weight excluding hydrogens is 340 g/mol. The van der Waals surface area contributed by atoms with Crippen molar-refractivity contribution in [3.05, 3.63) is 59.7 Å². The Morgan fingerprint density at radius 2 is 1.38 bits per heavy atom. The van der Waals surface area contributed by atoms with E-state index in [0.717, 1.165) is 5.56 Å². The molecule has 0 saturated carbocycles. The van der Waals surface area contributed by atoms with Crippen molar-refractivity contribution in [2.45, 2.75) is 24.9 Å². The smallest absolute Gasteiger partial charge is 0.341 e. The lowest BCUT2D eigenvalue weighted by molar-refractivity contribution is -0.159. The van der Waals surface area contributed by atoms with Crippen LogP contribution in [-0.4, -0.2) is 39.3 Å². The predicted molar refractivity (Wildman–Crippen MR) is 92.2 cm³/mol. The minimum atomic E-state index is -1.20. The number of carboxylic acids is 1. The van der Waals surface area contributed by atoms with E-state index in [-0.39, 0.29) is 24.3 Å². The maximum absolute atomic E-state index is 12.0. The lowest BCUT2D eigenvalue weighted by Crippen LogP contribution is -2.44. The Morgan fingerprint density at radius 3 is 1.85 bits per heavy atom. The van der Waals surface area contributed by atoms with Gasteiger partial charge in [0, 0.05) is 6.42 Å². The second kappa shape index (κ2) is 8.84. The van der Waals surface area contributed by atoms with E-state index in [0.29, 0.717) is 5.56 Å². The largest absolute Gasteiger partial charge is 0.508 e. The zero-order valence-corrected chi connectivity index (χ0v) is 13.8. The maximum atomic E-state index is 12.0. The normalized spacial score (nSPS) is 13.0. The van der Waals surface area contributed by atoms with Gasteiger partial charge in [-0.1, -0.05) is 24.3 Å². The molecule has 0 saturated heterocycles. The maximum Gasteiger partial charge on any atom is 0.341 e. The van der Waals surface area contributed by atoms with Gasteiger partial charge in [-0.25, -0.2) is 4.79 Å². The number of carbonyl (C=O) groups excluding carboxylic acids is 1. The Hall–Kier alpha value is -3.10. The highest BCUT2D eigenvalue weighted by molar-refractivity contribution is 5.77. The summed E-state index contributed by atoms with van der Waals surface area (Å²) < 4.78 is 0. The van der Waals surface area contributed by atoms with Crippen LogP contribution in [0.1, 0.15) is 11.1 Å². The van der Waals surface area contributed by atoms with Crippen LogP contribution < -0.4 is 11.2 Å². The number of rotatable bonds is 8. The third-order valence-corrected chi connectivity index (χ3v) is 3.67. The van der Waals surface area contributed by atoms with Gasteiger partial charge in [0.2, 0.25) is 0 Å². The Labute approximate surface area is 149 Å². The number of phenolic OH excluding ortho intramolecular Hbond substituents is 2. The van der Waals surface area contributed by atoms with Crippen molar-refractivity contribution in [2.75, 3.05) is 0 Å². The summed E-state index contributed by atoms with van der Waals surface area (Å²) in [7, 11) is 0. The zero-order chi connectivity index (χ0) is 19.1. The molecule has 0 unspecified atom stereocenters. The number of carbonyl (C=O) groups is 2. The number of hydrogen-bond donors (Lipinski definition) is 5. The molecule has 0 bridgehead atoms. The van der Waals surface area contributed by atoms with Gasteiger partial charge in [0.15, 0.2) is 0 Å².